The summed E-state index contributed by atoms with van der Waals surface area (Å²) in [7, 11) is -3.02. The molecule has 2 aliphatic heterocycles. The Morgan fingerprint density at radius 1 is 1.08 bits per heavy atom. The number of carbonyl (C=O) groups is 2. The second-order valence-electron chi connectivity index (χ2n) is 6.28. The van der Waals surface area contributed by atoms with Gasteiger partial charge in [-0.1, -0.05) is 0 Å². The Morgan fingerprint density at radius 3 is 2.33 bits per heavy atom. The van der Waals surface area contributed by atoms with E-state index in [1.807, 2.05) is 4.90 Å². The molecule has 0 aliphatic carbocycles. The van der Waals surface area contributed by atoms with Crippen molar-refractivity contribution in [1.82, 2.24) is 10.2 Å². The summed E-state index contributed by atoms with van der Waals surface area (Å²) in [6, 6.07) is 5.96. The summed E-state index contributed by atoms with van der Waals surface area (Å²) in [4.78, 5) is 26.0. The zero-order valence-electron chi connectivity index (χ0n) is 13.3. The minimum atomic E-state index is -3.02. The second-order valence-corrected chi connectivity index (χ2v) is 8.50. The molecule has 1 aromatic rings. The maximum absolute atomic E-state index is 12.2. The third kappa shape index (κ3) is 4.05. The van der Waals surface area contributed by atoms with E-state index in [4.69, 9.17) is 0 Å². The fourth-order valence-corrected chi connectivity index (χ4v) is 4.73. The average molecular weight is 351 g/mol. The van der Waals surface area contributed by atoms with E-state index >= 15 is 0 Å². The highest BCUT2D eigenvalue weighted by molar-refractivity contribution is 7.91. The first-order valence-corrected chi connectivity index (χ1v) is 9.92. The molecule has 2 saturated heterocycles. The highest BCUT2D eigenvalue weighted by atomic mass is 32.2. The zero-order valence-corrected chi connectivity index (χ0v) is 14.1. The van der Waals surface area contributed by atoms with Gasteiger partial charge in [-0.3, -0.25) is 4.79 Å². The fraction of sp³-hybridized carbons (Fsp3) is 0.500. The molecule has 24 heavy (non-hydrogen) atoms. The van der Waals surface area contributed by atoms with Crippen LogP contribution in [0.25, 0.3) is 0 Å². The summed E-state index contributed by atoms with van der Waals surface area (Å²) < 4.78 is 22.8. The van der Waals surface area contributed by atoms with Gasteiger partial charge in [0.25, 0.3) is 5.91 Å². The van der Waals surface area contributed by atoms with E-state index in [0.29, 0.717) is 17.7 Å². The van der Waals surface area contributed by atoms with E-state index in [0.717, 1.165) is 25.9 Å². The number of likely N-dealkylation sites (tertiary alicyclic amines) is 1. The first kappa shape index (κ1) is 16.8. The van der Waals surface area contributed by atoms with Gasteiger partial charge in [-0.05, 0) is 43.5 Å². The molecule has 0 spiro atoms. The van der Waals surface area contributed by atoms with Crippen LogP contribution in [0.5, 0.6) is 0 Å². The maximum atomic E-state index is 12.2. The van der Waals surface area contributed by atoms with Gasteiger partial charge in [-0.2, -0.15) is 0 Å². The van der Waals surface area contributed by atoms with Crippen LogP contribution in [-0.2, 0) is 9.84 Å². The van der Waals surface area contributed by atoms with Gasteiger partial charge in [0.2, 0.25) is 0 Å². The third-order valence-corrected chi connectivity index (χ3v) is 6.12. The molecule has 130 valence electrons. The highest BCUT2D eigenvalue weighted by Gasteiger charge is 2.28. The molecule has 2 heterocycles. The number of hydrogen-bond donors (Lipinski definition) is 2. The Morgan fingerprint density at radius 2 is 1.75 bits per heavy atom. The number of hydrogen-bond acceptors (Lipinski definition) is 4. The summed E-state index contributed by atoms with van der Waals surface area (Å²) >= 11 is 0. The number of anilines is 1. The molecule has 1 atom stereocenters. The van der Waals surface area contributed by atoms with E-state index < -0.39 is 15.9 Å². The van der Waals surface area contributed by atoms with E-state index in [9.17, 15) is 18.0 Å². The van der Waals surface area contributed by atoms with E-state index in [1.54, 1.807) is 24.3 Å². The Bertz CT molecular complexity index is 724. The minimum absolute atomic E-state index is 0.0102. The molecule has 0 aromatic heterocycles. The molecule has 3 amide bonds. The lowest BCUT2D eigenvalue weighted by molar-refractivity contribution is 0.0793. The SMILES string of the molecule is O=C(Nc1ccc(C(=O)N2CCCC2)cc1)N[C@H]1CCS(=O)(=O)C1. The maximum Gasteiger partial charge on any atom is 0.319 e. The highest BCUT2D eigenvalue weighted by Crippen LogP contribution is 2.16. The number of sulfone groups is 1. The summed E-state index contributed by atoms with van der Waals surface area (Å²) in [6.45, 7) is 1.59. The largest absolute Gasteiger partial charge is 0.339 e. The lowest BCUT2D eigenvalue weighted by Crippen LogP contribution is -2.38. The molecule has 0 unspecified atom stereocenters. The number of rotatable bonds is 3. The summed E-state index contributed by atoms with van der Waals surface area (Å²) in [6.07, 6.45) is 2.53. The van der Waals surface area contributed by atoms with Gasteiger partial charge in [0.15, 0.2) is 9.84 Å². The van der Waals surface area contributed by atoms with Crippen LogP contribution in [0.15, 0.2) is 24.3 Å². The summed E-state index contributed by atoms with van der Waals surface area (Å²) in [5.74, 6) is 0.120. The normalized spacial score (nSPS) is 22.3. The number of carbonyl (C=O) groups excluding carboxylic acids is 2. The van der Waals surface area contributed by atoms with Crippen molar-refractivity contribution in [2.75, 3.05) is 29.9 Å². The van der Waals surface area contributed by atoms with Crippen LogP contribution in [0.1, 0.15) is 29.6 Å². The molecular formula is C16H21N3O4S. The van der Waals surface area contributed by atoms with Gasteiger partial charge < -0.3 is 15.5 Å². The van der Waals surface area contributed by atoms with Crippen LogP contribution < -0.4 is 10.6 Å². The standard InChI is InChI=1S/C16H21N3O4S/c20-15(19-8-1-2-9-19)12-3-5-13(6-4-12)17-16(21)18-14-7-10-24(22,23)11-14/h3-6,14H,1-2,7-11H2,(H2,17,18,21)/t14-/m0/s1. The van der Waals surface area contributed by atoms with Crippen molar-refractivity contribution in [3.05, 3.63) is 29.8 Å². The fourth-order valence-electron chi connectivity index (χ4n) is 3.06. The van der Waals surface area contributed by atoms with Gasteiger partial charge in [0.1, 0.15) is 0 Å². The molecule has 0 saturated carbocycles. The molecule has 2 N–H and O–H groups in total. The van der Waals surface area contributed by atoms with Gasteiger partial charge >= 0.3 is 6.03 Å². The Balaban J connectivity index is 1.54. The van der Waals surface area contributed by atoms with Gasteiger partial charge in [-0.25, -0.2) is 13.2 Å². The molecule has 8 heteroatoms. The van der Waals surface area contributed by atoms with Crippen molar-refractivity contribution in [2.24, 2.45) is 0 Å². The second kappa shape index (κ2) is 6.80. The van der Waals surface area contributed by atoms with Gasteiger partial charge in [0.05, 0.1) is 11.5 Å². The van der Waals surface area contributed by atoms with Gasteiger partial charge in [0, 0.05) is 30.4 Å². The van der Waals surface area contributed by atoms with E-state index in [1.165, 1.54) is 0 Å². The van der Waals surface area contributed by atoms with Crippen molar-refractivity contribution in [3.8, 4) is 0 Å². The average Bonchev–Trinajstić information content (AvgIpc) is 3.17. The molecule has 0 radical (unpaired) electrons. The predicted molar refractivity (Wildman–Crippen MR) is 90.8 cm³/mol. The third-order valence-electron chi connectivity index (χ3n) is 4.35. The van der Waals surface area contributed by atoms with Crippen molar-refractivity contribution < 1.29 is 18.0 Å². The van der Waals surface area contributed by atoms with Crippen molar-refractivity contribution in [3.63, 3.8) is 0 Å². The minimum Gasteiger partial charge on any atom is -0.339 e. The van der Waals surface area contributed by atoms with Crippen LogP contribution >= 0.6 is 0 Å². The van der Waals surface area contributed by atoms with E-state index in [-0.39, 0.29) is 23.5 Å². The number of amides is 3. The zero-order chi connectivity index (χ0) is 17.2. The summed E-state index contributed by atoms with van der Waals surface area (Å²) in [5, 5.41) is 5.32. The molecule has 1 aromatic carbocycles. The van der Waals surface area contributed by atoms with Gasteiger partial charge in [-0.15, -0.1) is 0 Å². The van der Waals surface area contributed by atoms with Crippen LogP contribution in [0.4, 0.5) is 10.5 Å². The topological polar surface area (TPSA) is 95.6 Å². The lowest BCUT2D eigenvalue weighted by atomic mass is 10.2. The molecule has 3 rings (SSSR count). The first-order valence-electron chi connectivity index (χ1n) is 8.10. The number of urea groups is 1. The number of benzene rings is 1. The number of nitrogens with one attached hydrogen (secondary N) is 2. The quantitative estimate of drug-likeness (QED) is 0.856. The number of nitrogens with zero attached hydrogens (tertiary/aromatic N) is 1. The molecule has 2 fully saturated rings. The smallest absolute Gasteiger partial charge is 0.319 e. The molecule has 7 nitrogen and oxygen atoms in total. The first-order chi connectivity index (χ1) is 11.4. The van der Waals surface area contributed by atoms with Crippen LogP contribution in [0.2, 0.25) is 0 Å². The van der Waals surface area contributed by atoms with Crippen molar-refractivity contribution in [1.29, 1.82) is 0 Å². The summed E-state index contributed by atoms with van der Waals surface area (Å²) in [5.41, 5.74) is 1.16. The molecule has 0 bridgehead atoms. The van der Waals surface area contributed by atoms with Crippen LogP contribution in [0.3, 0.4) is 0 Å². The van der Waals surface area contributed by atoms with Crippen molar-refractivity contribution in [2.45, 2.75) is 25.3 Å². The monoisotopic (exact) mass is 351 g/mol. The Hall–Kier alpha value is -2.09. The molecular weight excluding hydrogens is 330 g/mol. The lowest BCUT2D eigenvalue weighted by Gasteiger charge is -2.15. The predicted octanol–water partition coefficient (Wildman–Crippen LogP) is 1.23. The van der Waals surface area contributed by atoms with Crippen LogP contribution in [-0.4, -0.2) is 55.9 Å². The van der Waals surface area contributed by atoms with E-state index in [2.05, 4.69) is 10.6 Å². The Labute approximate surface area is 141 Å². The van der Waals surface area contributed by atoms with Crippen LogP contribution in [0, 0.1) is 0 Å². The molecule has 2 aliphatic rings. The van der Waals surface area contributed by atoms with Crippen molar-refractivity contribution >= 4 is 27.5 Å². The Kier molecular flexibility index (Phi) is 4.75.